The van der Waals surface area contributed by atoms with E-state index in [2.05, 4.69) is 20.0 Å². The van der Waals surface area contributed by atoms with E-state index in [1.54, 1.807) is 33.5 Å². The van der Waals surface area contributed by atoms with Crippen LogP contribution in [0.1, 0.15) is 16.8 Å². The molecule has 1 heterocycles. The summed E-state index contributed by atoms with van der Waals surface area (Å²) in [4.78, 5) is 17.3. The Labute approximate surface area is 169 Å². The first kappa shape index (κ1) is 20.1. The van der Waals surface area contributed by atoms with E-state index >= 15 is 0 Å². The van der Waals surface area contributed by atoms with Gasteiger partial charge in [-0.05, 0) is 26.0 Å². The number of methoxy groups -OCH3 is 3. The average Bonchev–Trinajstić information content (AvgIpc) is 2.72. The van der Waals surface area contributed by atoms with Gasteiger partial charge < -0.3 is 19.9 Å². The Kier molecular flexibility index (Phi) is 5.92. The molecule has 2 N–H and O–H groups in total. The highest BCUT2D eigenvalue weighted by atomic mass is 16.5. The number of aryl methyl sites for hydroxylation is 2. The number of ether oxygens (including phenoxy) is 3. The van der Waals surface area contributed by atoms with Crippen LogP contribution < -0.4 is 19.9 Å². The molecular formula is C21H23N5O3. The minimum atomic E-state index is 0.00999. The van der Waals surface area contributed by atoms with Gasteiger partial charge in [0.2, 0.25) is 5.96 Å². The predicted octanol–water partition coefficient (Wildman–Crippen LogP) is 3.34. The van der Waals surface area contributed by atoms with Crippen molar-refractivity contribution >= 4 is 29.0 Å². The molecule has 0 radical (unpaired) electrons. The van der Waals surface area contributed by atoms with Crippen molar-refractivity contribution in [1.29, 1.82) is 0 Å². The largest absolute Gasteiger partial charge is 0.496 e. The predicted molar refractivity (Wildman–Crippen MR) is 114 cm³/mol. The molecule has 0 saturated heterocycles. The number of hydrogen-bond acceptors (Lipinski definition) is 6. The van der Waals surface area contributed by atoms with Crippen LogP contribution >= 0.6 is 0 Å². The van der Waals surface area contributed by atoms with Crippen LogP contribution in [0.15, 0.2) is 40.3 Å². The summed E-state index contributed by atoms with van der Waals surface area (Å²) in [7, 11) is 4.67. The van der Waals surface area contributed by atoms with Gasteiger partial charge >= 0.3 is 0 Å². The molecule has 0 aliphatic carbocycles. The number of benzene rings is 2. The number of hydrogen-bond donors (Lipinski definition) is 1. The topological polar surface area (TPSA) is 104 Å². The first-order chi connectivity index (χ1) is 13.9. The van der Waals surface area contributed by atoms with Gasteiger partial charge in [-0.1, -0.05) is 11.6 Å². The van der Waals surface area contributed by atoms with Gasteiger partial charge in [0.05, 0.1) is 38.1 Å². The molecule has 8 heteroatoms. The molecule has 0 fully saturated rings. The number of fused-ring (bicyclic) bond motifs is 1. The highest BCUT2D eigenvalue weighted by Crippen LogP contribution is 2.32. The fraction of sp³-hybridized carbons (Fsp3) is 0.238. The van der Waals surface area contributed by atoms with E-state index in [4.69, 9.17) is 19.9 Å². The second-order valence-corrected chi connectivity index (χ2v) is 6.30. The summed E-state index contributed by atoms with van der Waals surface area (Å²) in [5.74, 6) is 1.93. The Morgan fingerprint density at radius 1 is 0.966 bits per heavy atom. The maximum atomic E-state index is 5.98. The highest BCUT2D eigenvalue weighted by Gasteiger charge is 2.12. The Morgan fingerprint density at radius 2 is 1.66 bits per heavy atom. The molecule has 150 valence electrons. The van der Waals surface area contributed by atoms with Crippen molar-refractivity contribution < 1.29 is 14.2 Å². The number of aliphatic imine (C=N–C) groups is 2. The van der Waals surface area contributed by atoms with E-state index in [9.17, 15) is 0 Å². The van der Waals surface area contributed by atoms with Crippen LogP contribution in [0.4, 0.5) is 5.95 Å². The smallest absolute Gasteiger partial charge is 0.253 e. The van der Waals surface area contributed by atoms with Gasteiger partial charge in [0.1, 0.15) is 17.2 Å². The molecule has 1 aromatic heterocycles. The van der Waals surface area contributed by atoms with Gasteiger partial charge in [-0.3, -0.25) is 0 Å². The van der Waals surface area contributed by atoms with Gasteiger partial charge in [0.25, 0.3) is 5.95 Å². The number of nitrogens with two attached hydrogens (primary N) is 1. The first-order valence-electron chi connectivity index (χ1n) is 8.88. The lowest BCUT2D eigenvalue weighted by molar-refractivity contribution is 0.374. The van der Waals surface area contributed by atoms with Crippen molar-refractivity contribution in [2.75, 3.05) is 21.3 Å². The Morgan fingerprint density at radius 3 is 2.28 bits per heavy atom. The number of guanidine groups is 1. The molecule has 0 bridgehead atoms. The Balaban J connectivity index is 1.95. The van der Waals surface area contributed by atoms with E-state index in [-0.39, 0.29) is 11.9 Å². The molecule has 0 aliphatic heterocycles. The lowest BCUT2D eigenvalue weighted by Crippen LogP contribution is -2.09. The zero-order chi connectivity index (χ0) is 21.0. The lowest BCUT2D eigenvalue weighted by Gasteiger charge is -2.12. The molecule has 29 heavy (non-hydrogen) atoms. The Bertz CT molecular complexity index is 1080. The molecule has 0 amide bonds. The molecule has 8 nitrogen and oxygen atoms in total. The molecule has 0 spiro atoms. The van der Waals surface area contributed by atoms with Crippen molar-refractivity contribution in [2.45, 2.75) is 13.8 Å². The van der Waals surface area contributed by atoms with Crippen LogP contribution in [-0.4, -0.2) is 43.5 Å². The molecule has 0 atom stereocenters. The van der Waals surface area contributed by atoms with E-state index in [1.807, 2.05) is 32.0 Å². The quantitative estimate of drug-likeness (QED) is 0.527. The van der Waals surface area contributed by atoms with Gasteiger partial charge in [0, 0.05) is 23.7 Å². The normalized spacial score (nSPS) is 11.8. The molecule has 3 rings (SSSR count). The summed E-state index contributed by atoms with van der Waals surface area (Å²) in [5, 5.41) is 0.985. The van der Waals surface area contributed by atoms with Crippen molar-refractivity contribution in [3.8, 4) is 17.2 Å². The van der Waals surface area contributed by atoms with Crippen LogP contribution in [0.25, 0.3) is 10.9 Å². The van der Waals surface area contributed by atoms with E-state index in [0.717, 1.165) is 22.2 Å². The molecule has 0 unspecified atom stereocenters. The minimum Gasteiger partial charge on any atom is -0.496 e. The molecule has 2 aromatic carbocycles. The van der Waals surface area contributed by atoms with Crippen LogP contribution in [0.5, 0.6) is 17.2 Å². The standard InChI is InChI=1S/C21H23N5O3/c1-12-6-7-17-15(8-12)13(2)24-21(25-17)26-20(22)23-11-16-18(28-4)9-14(27-3)10-19(16)29-5/h6-11H,1-5H3,(H2,22,24,25,26). The van der Waals surface area contributed by atoms with Crippen molar-refractivity contribution in [1.82, 2.24) is 9.97 Å². The maximum Gasteiger partial charge on any atom is 0.253 e. The van der Waals surface area contributed by atoms with Gasteiger partial charge in [-0.2, -0.15) is 4.99 Å². The monoisotopic (exact) mass is 393 g/mol. The zero-order valence-corrected chi connectivity index (χ0v) is 17.1. The average molecular weight is 393 g/mol. The summed E-state index contributed by atoms with van der Waals surface area (Å²) < 4.78 is 16.0. The van der Waals surface area contributed by atoms with Gasteiger partial charge in [-0.15, -0.1) is 0 Å². The second-order valence-electron chi connectivity index (χ2n) is 6.30. The third kappa shape index (κ3) is 4.43. The van der Waals surface area contributed by atoms with Gasteiger partial charge in [0.15, 0.2) is 0 Å². The summed E-state index contributed by atoms with van der Waals surface area (Å²) in [6.45, 7) is 3.94. The van der Waals surface area contributed by atoms with Gasteiger partial charge in [-0.25, -0.2) is 15.0 Å². The second kappa shape index (κ2) is 8.55. The van der Waals surface area contributed by atoms with E-state index in [1.165, 1.54) is 6.21 Å². The highest BCUT2D eigenvalue weighted by molar-refractivity contribution is 5.97. The number of rotatable bonds is 5. The number of aromatic nitrogens is 2. The van der Waals surface area contributed by atoms with Crippen molar-refractivity contribution in [3.63, 3.8) is 0 Å². The van der Waals surface area contributed by atoms with Crippen LogP contribution in [0.3, 0.4) is 0 Å². The van der Waals surface area contributed by atoms with Crippen LogP contribution in [0, 0.1) is 13.8 Å². The first-order valence-corrected chi connectivity index (χ1v) is 8.88. The molecule has 3 aromatic rings. The fourth-order valence-corrected chi connectivity index (χ4v) is 2.85. The van der Waals surface area contributed by atoms with Crippen LogP contribution in [-0.2, 0) is 0 Å². The fourth-order valence-electron chi connectivity index (χ4n) is 2.85. The summed E-state index contributed by atoms with van der Waals surface area (Å²) in [6, 6.07) is 9.43. The van der Waals surface area contributed by atoms with Crippen molar-refractivity contribution in [3.05, 3.63) is 47.2 Å². The SMILES string of the molecule is COc1cc(OC)c(C=NC(N)=Nc2nc(C)c3cc(C)ccc3n2)c(OC)c1. The molecule has 0 saturated carbocycles. The number of nitrogens with zero attached hydrogens (tertiary/aromatic N) is 4. The zero-order valence-electron chi connectivity index (χ0n) is 17.1. The molecular weight excluding hydrogens is 370 g/mol. The van der Waals surface area contributed by atoms with Crippen molar-refractivity contribution in [2.24, 2.45) is 15.7 Å². The maximum absolute atomic E-state index is 5.98. The summed E-state index contributed by atoms with van der Waals surface area (Å²) >= 11 is 0. The van der Waals surface area contributed by atoms with E-state index < -0.39 is 0 Å². The third-order valence-corrected chi connectivity index (χ3v) is 4.32. The Hall–Kier alpha value is -3.68. The lowest BCUT2D eigenvalue weighted by atomic mass is 10.1. The minimum absolute atomic E-state index is 0.00999. The van der Waals surface area contributed by atoms with E-state index in [0.29, 0.717) is 22.8 Å². The third-order valence-electron chi connectivity index (χ3n) is 4.32. The summed E-state index contributed by atoms with van der Waals surface area (Å²) in [5.41, 5.74) is 9.36. The molecule has 0 aliphatic rings. The summed E-state index contributed by atoms with van der Waals surface area (Å²) in [6.07, 6.45) is 1.52. The van der Waals surface area contributed by atoms with Crippen LogP contribution in [0.2, 0.25) is 0 Å².